The summed E-state index contributed by atoms with van der Waals surface area (Å²) in [5, 5.41) is 2.36. The Morgan fingerprint density at radius 2 is 1.21 bits per heavy atom. The lowest BCUT2D eigenvalue weighted by molar-refractivity contribution is -0.191. The van der Waals surface area contributed by atoms with Gasteiger partial charge in [0.05, 0.1) is 6.61 Å². The number of carbonyl (C=O) groups excluding carboxylic acids is 3. The van der Waals surface area contributed by atoms with Crippen LogP contribution >= 0.6 is 31.9 Å². The minimum absolute atomic E-state index is 0.124. The van der Waals surface area contributed by atoms with Gasteiger partial charge in [-0.25, -0.2) is 4.79 Å². The normalized spacial score (nSPS) is 12.5. The molecule has 4 nitrogen and oxygen atoms in total. The molecule has 0 aromatic heterocycles. The van der Waals surface area contributed by atoms with Crippen molar-refractivity contribution in [2.45, 2.75) is 98.3 Å². The Hall–Kier alpha value is -0.450. The largest absolute Gasteiger partial charge is 0.463 e. The fraction of sp³-hybridized carbons (Fsp3) is 0.818. The first-order valence-corrected chi connectivity index (χ1v) is 12.4. The van der Waals surface area contributed by atoms with Gasteiger partial charge in [-0.2, -0.15) is 9.59 Å². The van der Waals surface area contributed by atoms with Gasteiger partial charge < -0.3 is 4.74 Å². The maximum Gasteiger partial charge on any atom is 0.373 e. The molecule has 0 atom stereocenters. The average Bonchev–Trinajstić information content (AvgIpc) is 2.70. The van der Waals surface area contributed by atoms with Gasteiger partial charge in [0.25, 0.3) is 0 Å². The highest BCUT2D eigenvalue weighted by Crippen LogP contribution is 2.11. The Bertz CT molecular complexity index is 478. The van der Waals surface area contributed by atoms with Crippen LogP contribution in [0, 0.1) is 0 Å². The quantitative estimate of drug-likeness (QED) is 0.102. The number of halogens is 2. The Labute approximate surface area is 193 Å². The van der Waals surface area contributed by atoms with E-state index in [4.69, 9.17) is 18.4 Å². The van der Waals surface area contributed by atoms with Gasteiger partial charge in [-0.1, -0.05) is 95.7 Å². The van der Waals surface area contributed by atoms with Crippen LogP contribution in [0.4, 0.5) is 0 Å². The minimum atomic E-state index is -2.21. The van der Waals surface area contributed by atoms with Gasteiger partial charge >= 0.3 is 12.1 Å². The maximum absolute atomic E-state index is 11.3. The van der Waals surface area contributed by atoms with Gasteiger partial charge in [-0.05, 0) is 40.0 Å². The van der Waals surface area contributed by atoms with E-state index in [9.17, 15) is 4.79 Å². The van der Waals surface area contributed by atoms with Crippen molar-refractivity contribution in [3.05, 3.63) is 11.1 Å². The molecule has 0 fully saturated rings. The van der Waals surface area contributed by atoms with Crippen molar-refractivity contribution in [2.75, 3.05) is 17.3 Å². The molecule has 0 unspecified atom stereocenters. The van der Waals surface area contributed by atoms with E-state index in [0.29, 0.717) is 6.42 Å². The Balaban J connectivity index is -0.000000448. The van der Waals surface area contributed by atoms with Crippen molar-refractivity contribution in [1.82, 2.24) is 0 Å². The number of hydrogen-bond donors (Lipinski definition) is 0. The summed E-state index contributed by atoms with van der Waals surface area (Å²) in [5.74, 6) is -0.524. The van der Waals surface area contributed by atoms with E-state index in [1.54, 1.807) is 13.8 Å². The predicted molar refractivity (Wildman–Crippen MR) is 124 cm³/mol. The zero-order chi connectivity index (χ0) is 24.5. The van der Waals surface area contributed by atoms with E-state index in [1.807, 2.05) is 0 Å². The van der Waals surface area contributed by atoms with Crippen LogP contribution in [0.25, 0.3) is 0 Å². The lowest BCUT2D eigenvalue weighted by Crippen LogP contribution is -2.08. The van der Waals surface area contributed by atoms with E-state index < -0.39 is 12.8 Å². The predicted octanol–water partition coefficient (Wildman–Crippen LogP) is 7.39. The van der Waals surface area contributed by atoms with Gasteiger partial charge in [0.15, 0.2) is 0 Å². The van der Waals surface area contributed by atoms with Crippen molar-refractivity contribution < 1.29 is 23.2 Å². The van der Waals surface area contributed by atoms with Crippen molar-refractivity contribution in [1.29, 1.82) is 0 Å². The molecule has 6 heteroatoms. The molecule has 0 rings (SSSR count). The molecule has 0 aliphatic rings. The highest BCUT2D eigenvalue weighted by Gasteiger charge is 2.08. The van der Waals surface area contributed by atoms with E-state index in [0.717, 1.165) is 0 Å². The number of allylic oxidation sites excluding steroid dienone is 1. The first kappa shape index (κ1) is 25.6. The monoisotopic (exact) mass is 529 g/mol. The summed E-state index contributed by atoms with van der Waals surface area (Å²) in [6, 6.07) is 0. The van der Waals surface area contributed by atoms with Gasteiger partial charge in [-0.3, -0.25) is 0 Å². The molecule has 0 N–H and O–H groups in total. The Morgan fingerprint density at radius 3 is 1.46 bits per heavy atom. The molecule has 0 radical (unpaired) electrons. The third-order valence-corrected chi connectivity index (χ3v) is 4.97. The first-order chi connectivity index (χ1) is 14.7. The molecule has 0 aliphatic carbocycles. The second-order valence-electron chi connectivity index (χ2n) is 6.17. The number of alkyl halides is 2. The summed E-state index contributed by atoms with van der Waals surface area (Å²) in [7, 11) is 0. The van der Waals surface area contributed by atoms with Crippen LogP contribution in [0.3, 0.4) is 0 Å². The van der Waals surface area contributed by atoms with Crippen LogP contribution in [0.2, 0.25) is 0 Å². The van der Waals surface area contributed by atoms with Gasteiger partial charge in [0.2, 0.25) is 0 Å². The summed E-state index contributed by atoms with van der Waals surface area (Å²) < 4.78 is 26.3. The van der Waals surface area contributed by atoms with E-state index in [2.05, 4.69) is 31.9 Å². The summed E-state index contributed by atoms with van der Waals surface area (Å²) in [5.41, 5.74) is 0.380. The number of ether oxygens (including phenoxy) is 1. The fourth-order valence-electron chi connectivity index (χ4n) is 2.38. The van der Waals surface area contributed by atoms with Crippen LogP contribution in [-0.2, 0) is 19.1 Å². The number of esters is 1. The van der Waals surface area contributed by atoms with E-state index in [1.165, 1.54) is 81.8 Å². The number of carbonyl (C=O) groups is 1. The smallest absolute Gasteiger partial charge is 0.373 e. The third-order valence-electron chi connectivity index (χ3n) is 3.85. The van der Waals surface area contributed by atoms with E-state index in [-0.39, 0.29) is 23.9 Å². The maximum atomic E-state index is 11.3. The zero-order valence-electron chi connectivity index (χ0n) is 20.8. The Morgan fingerprint density at radius 1 is 0.857 bits per heavy atom. The second-order valence-corrected chi connectivity index (χ2v) is 7.76. The van der Waals surface area contributed by atoms with Crippen molar-refractivity contribution >= 4 is 44.0 Å². The molecule has 0 spiro atoms. The molecule has 28 heavy (non-hydrogen) atoms. The van der Waals surface area contributed by atoms with Crippen LogP contribution in [0.15, 0.2) is 11.1 Å². The molecule has 0 aromatic carbocycles. The molecule has 0 saturated carbocycles. The van der Waals surface area contributed by atoms with Gasteiger partial charge in [-0.15, -0.1) is 0 Å². The first-order valence-electron chi connectivity index (χ1n) is 11.7. The van der Waals surface area contributed by atoms with Crippen LogP contribution < -0.4 is 0 Å². The summed E-state index contributed by atoms with van der Waals surface area (Å²) in [6.07, 6.45) is 14.8. The molecule has 0 bridgehead atoms. The fourth-order valence-corrected chi connectivity index (χ4v) is 3.18. The molecular formula is C22H40Br2O4. The van der Waals surface area contributed by atoms with Gasteiger partial charge in [0, 0.05) is 20.3 Å². The average molecular weight is 531 g/mol. The minimum Gasteiger partial charge on any atom is -0.463 e. The molecule has 0 heterocycles. The van der Waals surface area contributed by atoms with Crippen LogP contribution in [0.5, 0.6) is 0 Å². The molecule has 0 saturated heterocycles. The SMILES string of the molecule is BrCCCCCCCCCCCCBr.O=C=O.[2H]C([2H])([2H])/C(C)=C(/CC)C(=O)OCC. The highest BCUT2D eigenvalue weighted by atomic mass is 79.9. The van der Waals surface area contributed by atoms with Crippen molar-refractivity contribution in [3.63, 3.8) is 0 Å². The number of unbranched alkanes of at least 4 members (excludes halogenated alkanes) is 9. The molecule has 0 aliphatic heterocycles. The standard InChI is InChI=1S/C12H24Br2.C9H16O2.CO2/c13-11-9-7-5-3-1-2-4-6-8-10-12-14;1-5-8(7(3)4)9(10)11-6-2;2-1-3/h1-12H2;5-6H2,1-4H3;/i;3D3;/b;8-7+;. The van der Waals surface area contributed by atoms with Crippen LogP contribution in [-0.4, -0.2) is 29.4 Å². The number of hydrogen-bond acceptors (Lipinski definition) is 4. The number of rotatable bonds is 14. The lowest BCUT2D eigenvalue weighted by atomic mass is 10.1. The van der Waals surface area contributed by atoms with Gasteiger partial charge in [0.1, 0.15) is 0 Å². The molecular weight excluding hydrogens is 488 g/mol. The molecule has 0 amide bonds. The van der Waals surface area contributed by atoms with E-state index >= 15 is 0 Å². The molecule has 0 aromatic rings. The summed E-state index contributed by atoms with van der Waals surface area (Å²) >= 11 is 6.93. The third kappa shape index (κ3) is 27.8. The highest BCUT2D eigenvalue weighted by molar-refractivity contribution is 9.09. The summed E-state index contributed by atoms with van der Waals surface area (Å²) in [4.78, 5) is 27.6. The molecule has 166 valence electrons. The van der Waals surface area contributed by atoms with Crippen molar-refractivity contribution in [2.24, 2.45) is 0 Å². The Kier molecular flexibility index (Phi) is 26.3. The second kappa shape index (κ2) is 28.8. The zero-order valence-corrected chi connectivity index (χ0v) is 21.0. The summed E-state index contributed by atoms with van der Waals surface area (Å²) in [6.45, 7) is 2.93. The lowest BCUT2D eigenvalue weighted by Gasteiger charge is -2.05. The van der Waals surface area contributed by atoms with Crippen LogP contribution in [0.1, 0.15) is 102 Å². The van der Waals surface area contributed by atoms with Crippen molar-refractivity contribution in [3.8, 4) is 0 Å². The topological polar surface area (TPSA) is 60.4 Å².